The monoisotopic (exact) mass is 349 g/mol. The van der Waals surface area contributed by atoms with Crippen molar-refractivity contribution in [1.29, 1.82) is 0 Å². The van der Waals surface area contributed by atoms with Crippen molar-refractivity contribution in [2.24, 2.45) is 7.05 Å². The number of nitrogens with zero attached hydrogens (tertiary/aromatic N) is 2. The molecule has 2 rings (SSSR count). The highest BCUT2D eigenvalue weighted by atomic mass is 35.5. The Morgan fingerprint density at radius 2 is 1.83 bits per heavy atom. The van der Waals surface area contributed by atoms with Gasteiger partial charge in [-0.05, 0) is 38.2 Å². The first-order chi connectivity index (χ1) is 11.1. The quantitative estimate of drug-likeness (QED) is 0.775. The second kappa shape index (κ2) is 9.50. The SMILES string of the molecule is CCCCNC(=O)c1ccc(C(c2ccccc2)N(C)C)n1C.Cl. The number of aromatic nitrogens is 1. The van der Waals surface area contributed by atoms with Crippen molar-refractivity contribution in [1.82, 2.24) is 14.8 Å². The number of carbonyl (C=O) groups excluding carboxylic acids is 1. The smallest absolute Gasteiger partial charge is 0.267 e. The summed E-state index contributed by atoms with van der Waals surface area (Å²) in [5.74, 6) is -0.00207. The van der Waals surface area contributed by atoms with Crippen LogP contribution in [0.5, 0.6) is 0 Å². The molecule has 24 heavy (non-hydrogen) atoms. The van der Waals surface area contributed by atoms with E-state index in [9.17, 15) is 4.79 Å². The van der Waals surface area contributed by atoms with Crippen molar-refractivity contribution in [3.05, 3.63) is 59.4 Å². The van der Waals surface area contributed by atoms with Crippen LogP contribution in [0.1, 0.15) is 47.6 Å². The Hall–Kier alpha value is -1.78. The Kier molecular flexibility index (Phi) is 8.02. The van der Waals surface area contributed by atoms with E-state index in [2.05, 4.69) is 43.4 Å². The highest BCUT2D eigenvalue weighted by molar-refractivity contribution is 5.92. The summed E-state index contributed by atoms with van der Waals surface area (Å²) in [4.78, 5) is 14.5. The number of unbranched alkanes of at least 4 members (excludes halogenated alkanes) is 1. The van der Waals surface area contributed by atoms with Gasteiger partial charge in [-0.2, -0.15) is 0 Å². The van der Waals surface area contributed by atoms with Crippen molar-refractivity contribution in [3.63, 3.8) is 0 Å². The lowest BCUT2D eigenvalue weighted by atomic mass is 10.0. The van der Waals surface area contributed by atoms with Gasteiger partial charge in [0, 0.05) is 19.3 Å². The average Bonchev–Trinajstić information content (AvgIpc) is 2.90. The van der Waals surface area contributed by atoms with E-state index in [0.717, 1.165) is 25.1 Å². The van der Waals surface area contributed by atoms with Crippen molar-refractivity contribution >= 4 is 18.3 Å². The van der Waals surface area contributed by atoms with Crippen molar-refractivity contribution < 1.29 is 4.79 Å². The zero-order chi connectivity index (χ0) is 16.8. The fourth-order valence-corrected chi connectivity index (χ4v) is 2.87. The van der Waals surface area contributed by atoms with Crippen molar-refractivity contribution in [2.75, 3.05) is 20.6 Å². The van der Waals surface area contributed by atoms with E-state index in [1.54, 1.807) is 0 Å². The van der Waals surface area contributed by atoms with Crippen molar-refractivity contribution in [3.8, 4) is 0 Å². The van der Waals surface area contributed by atoms with E-state index in [1.807, 2.05) is 41.9 Å². The summed E-state index contributed by atoms with van der Waals surface area (Å²) in [5, 5.41) is 2.99. The second-order valence-electron chi connectivity index (χ2n) is 6.09. The highest BCUT2D eigenvalue weighted by Crippen LogP contribution is 2.27. The topological polar surface area (TPSA) is 37.3 Å². The molecule has 0 bridgehead atoms. The summed E-state index contributed by atoms with van der Waals surface area (Å²) in [5.41, 5.74) is 3.04. The van der Waals surface area contributed by atoms with Gasteiger partial charge in [0.15, 0.2) is 0 Å². The summed E-state index contributed by atoms with van der Waals surface area (Å²) in [7, 11) is 6.08. The summed E-state index contributed by atoms with van der Waals surface area (Å²) in [6, 6.07) is 14.5. The van der Waals surface area contributed by atoms with Crippen LogP contribution in [-0.4, -0.2) is 36.0 Å². The first kappa shape index (κ1) is 20.3. The number of benzene rings is 1. The number of hydrogen-bond donors (Lipinski definition) is 1. The van der Waals surface area contributed by atoms with Crippen LogP contribution in [0.2, 0.25) is 0 Å². The Bertz CT molecular complexity index is 637. The number of hydrogen-bond acceptors (Lipinski definition) is 2. The van der Waals surface area contributed by atoms with Gasteiger partial charge >= 0.3 is 0 Å². The number of amides is 1. The Morgan fingerprint density at radius 3 is 2.42 bits per heavy atom. The molecule has 0 aliphatic carbocycles. The minimum absolute atomic E-state index is 0. The lowest BCUT2D eigenvalue weighted by Gasteiger charge is -2.26. The Morgan fingerprint density at radius 1 is 1.17 bits per heavy atom. The lowest BCUT2D eigenvalue weighted by molar-refractivity contribution is 0.0944. The summed E-state index contributed by atoms with van der Waals surface area (Å²) in [6.07, 6.45) is 2.09. The average molecular weight is 350 g/mol. The predicted molar refractivity (Wildman–Crippen MR) is 102 cm³/mol. The first-order valence-electron chi connectivity index (χ1n) is 8.21. The van der Waals surface area contributed by atoms with Gasteiger partial charge in [0.1, 0.15) is 5.69 Å². The molecule has 5 heteroatoms. The first-order valence-corrected chi connectivity index (χ1v) is 8.21. The highest BCUT2D eigenvalue weighted by Gasteiger charge is 2.22. The van der Waals surface area contributed by atoms with E-state index in [0.29, 0.717) is 5.69 Å². The fourth-order valence-electron chi connectivity index (χ4n) is 2.87. The van der Waals surface area contributed by atoms with E-state index in [1.165, 1.54) is 5.56 Å². The molecule has 0 saturated carbocycles. The van der Waals surface area contributed by atoms with Crippen LogP contribution in [0.25, 0.3) is 0 Å². The molecular weight excluding hydrogens is 322 g/mol. The minimum atomic E-state index is -0.00207. The second-order valence-corrected chi connectivity index (χ2v) is 6.09. The van der Waals surface area contributed by atoms with Gasteiger partial charge in [-0.1, -0.05) is 43.7 Å². The maximum absolute atomic E-state index is 12.3. The standard InChI is InChI=1S/C19H27N3O.ClH/c1-5-6-14-20-19(23)17-13-12-16(22(17)4)18(21(2)3)15-10-8-7-9-11-15;/h7-13,18H,5-6,14H2,1-4H3,(H,20,23);1H. The van der Waals surface area contributed by atoms with Crippen LogP contribution < -0.4 is 5.32 Å². The van der Waals surface area contributed by atoms with E-state index < -0.39 is 0 Å². The molecule has 1 heterocycles. The van der Waals surface area contributed by atoms with Gasteiger partial charge in [-0.15, -0.1) is 12.4 Å². The van der Waals surface area contributed by atoms with Crippen LogP contribution in [0, 0.1) is 0 Å². The minimum Gasteiger partial charge on any atom is -0.351 e. The third-order valence-electron chi connectivity index (χ3n) is 4.12. The van der Waals surface area contributed by atoms with E-state index in [-0.39, 0.29) is 24.4 Å². The zero-order valence-corrected chi connectivity index (χ0v) is 15.8. The molecule has 1 unspecified atom stereocenters. The third kappa shape index (κ3) is 4.62. The van der Waals surface area contributed by atoms with Gasteiger partial charge in [0.2, 0.25) is 0 Å². The van der Waals surface area contributed by atoms with Gasteiger partial charge in [0.25, 0.3) is 5.91 Å². The molecule has 0 fully saturated rings. The zero-order valence-electron chi connectivity index (χ0n) is 15.0. The predicted octanol–water partition coefficient (Wildman–Crippen LogP) is 3.63. The largest absolute Gasteiger partial charge is 0.351 e. The van der Waals surface area contributed by atoms with Gasteiger partial charge in [0.05, 0.1) is 6.04 Å². The summed E-state index contributed by atoms with van der Waals surface area (Å²) >= 11 is 0. The fraction of sp³-hybridized carbons (Fsp3) is 0.421. The summed E-state index contributed by atoms with van der Waals surface area (Å²) in [6.45, 7) is 2.85. The lowest BCUT2D eigenvalue weighted by Crippen LogP contribution is -2.28. The molecule has 0 aliphatic heterocycles. The molecule has 0 aliphatic rings. The summed E-state index contributed by atoms with van der Waals surface area (Å²) < 4.78 is 2.00. The number of rotatable bonds is 7. The normalized spacial score (nSPS) is 11.9. The molecule has 1 aromatic carbocycles. The molecule has 0 spiro atoms. The number of carbonyl (C=O) groups is 1. The van der Waals surface area contributed by atoms with Crippen LogP contribution in [0.3, 0.4) is 0 Å². The number of halogens is 1. The molecule has 4 nitrogen and oxygen atoms in total. The number of nitrogens with one attached hydrogen (secondary N) is 1. The third-order valence-corrected chi connectivity index (χ3v) is 4.12. The van der Waals surface area contributed by atoms with E-state index >= 15 is 0 Å². The molecule has 1 amide bonds. The molecule has 1 N–H and O–H groups in total. The molecule has 1 aromatic heterocycles. The van der Waals surface area contributed by atoms with Crippen LogP contribution >= 0.6 is 12.4 Å². The maximum Gasteiger partial charge on any atom is 0.267 e. The Labute approximate surface area is 151 Å². The molecule has 0 saturated heterocycles. The van der Waals surface area contributed by atoms with Crippen LogP contribution in [-0.2, 0) is 7.05 Å². The molecule has 2 aromatic rings. The van der Waals surface area contributed by atoms with Crippen molar-refractivity contribution in [2.45, 2.75) is 25.8 Å². The van der Waals surface area contributed by atoms with Gasteiger partial charge in [-0.25, -0.2) is 0 Å². The Balaban J connectivity index is 0.00000288. The molecular formula is C19H28ClN3O. The maximum atomic E-state index is 12.3. The molecule has 132 valence electrons. The van der Waals surface area contributed by atoms with Gasteiger partial charge in [-0.3, -0.25) is 9.69 Å². The van der Waals surface area contributed by atoms with Crippen LogP contribution in [0.4, 0.5) is 0 Å². The van der Waals surface area contributed by atoms with Crippen LogP contribution in [0.15, 0.2) is 42.5 Å². The van der Waals surface area contributed by atoms with E-state index in [4.69, 9.17) is 0 Å². The molecule has 0 radical (unpaired) electrons. The van der Waals surface area contributed by atoms with Gasteiger partial charge < -0.3 is 9.88 Å². The molecule has 1 atom stereocenters.